The van der Waals surface area contributed by atoms with Crippen LogP contribution in [0.1, 0.15) is 74.2 Å². The van der Waals surface area contributed by atoms with E-state index in [1.165, 1.54) is 62.8 Å². The van der Waals surface area contributed by atoms with Gasteiger partial charge in [0.2, 0.25) is 5.91 Å². The Kier molecular flexibility index (Phi) is 10.0. The molecule has 5 fully saturated rings. The van der Waals surface area contributed by atoms with Crippen molar-refractivity contribution in [2.24, 2.45) is 11.3 Å². The topological polar surface area (TPSA) is 108 Å². The van der Waals surface area contributed by atoms with Gasteiger partial charge >= 0.3 is 12.0 Å². The highest BCUT2D eigenvalue weighted by Gasteiger charge is 2.62. The lowest BCUT2D eigenvalue weighted by Gasteiger charge is -2.59. The Labute approximate surface area is 329 Å². The number of benzene rings is 4. The van der Waals surface area contributed by atoms with E-state index in [9.17, 15) is 19.5 Å². The van der Waals surface area contributed by atoms with E-state index in [4.69, 9.17) is 9.47 Å². The van der Waals surface area contributed by atoms with Crippen molar-refractivity contribution in [1.29, 1.82) is 0 Å². The predicted octanol–water partition coefficient (Wildman–Crippen LogP) is 8.35. The Morgan fingerprint density at radius 3 is 2.02 bits per heavy atom. The smallest absolute Gasteiger partial charge is 0.347 e. The number of rotatable bonds is 11. The standard InChI is InChI=1S/C46H52N4O6/c1-32-4-12-37(13-5-32)47-44(54)48-25-23-46(24-26-48)41(36-10-16-40(17-11-36)56-45(2,3)43(52)53)49(42(46)51)38-14-18-39(19-15-38)55-31-35-8-6-34(7-9-35)30-50-27-20-33(21-28-50)22-29-50/h4-19,33,41H,20-31H2,1-3H3,(H-,47,52,53,54)/p+1. The van der Waals surface area contributed by atoms with Gasteiger partial charge in [0.05, 0.1) is 31.1 Å². The molecule has 3 amide bonds. The number of aliphatic carboxylic acids is 1. The average molecular weight is 758 g/mol. The number of fused-ring (bicyclic) bond motifs is 3. The summed E-state index contributed by atoms with van der Waals surface area (Å²) < 4.78 is 13.2. The lowest BCUT2D eigenvalue weighted by Crippen LogP contribution is -2.67. The van der Waals surface area contributed by atoms with Crippen molar-refractivity contribution in [3.05, 3.63) is 119 Å². The number of anilines is 2. The number of nitrogens with one attached hydrogen (secondary N) is 1. The molecule has 56 heavy (non-hydrogen) atoms. The first-order chi connectivity index (χ1) is 26.9. The molecule has 5 aliphatic rings. The molecular formula is C46H53N4O6+. The van der Waals surface area contributed by atoms with E-state index in [2.05, 4.69) is 29.6 Å². The number of β-lactam (4-membered cyclic amide) rings is 1. The molecule has 4 aromatic carbocycles. The van der Waals surface area contributed by atoms with Gasteiger partial charge < -0.3 is 34.2 Å². The molecule has 0 saturated carbocycles. The van der Waals surface area contributed by atoms with Gasteiger partial charge in [0.15, 0.2) is 5.60 Å². The van der Waals surface area contributed by atoms with Gasteiger partial charge in [-0.1, -0.05) is 54.1 Å². The van der Waals surface area contributed by atoms with E-state index in [0.29, 0.717) is 38.3 Å². The Morgan fingerprint density at radius 2 is 1.41 bits per heavy atom. The number of amides is 3. The van der Waals surface area contributed by atoms with Crippen molar-refractivity contribution < 1.29 is 33.4 Å². The zero-order valence-corrected chi connectivity index (χ0v) is 32.7. The second kappa shape index (κ2) is 15.0. The van der Waals surface area contributed by atoms with Crippen LogP contribution in [0.4, 0.5) is 16.2 Å². The Hall–Kier alpha value is -5.35. The van der Waals surface area contributed by atoms with Gasteiger partial charge in [0, 0.05) is 30.0 Å². The van der Waals surface area contributed by atoms with Gasteiger partial charge in [0.1, 0.15) is 24.7 Å². The van der Waals surface area contributed by atoms with Crippen molar-refractivity contribution in [2.75, 3.05) is 42.9 Å². The van der Waals surface area contributed by atoms with Gasteiger partial charge in [0.25, 0.3) is 0 Å². The van der Waals surface area contributed by atoms with E-state index in [1.807, 2.05) is 72.5 Å². The van der Waals surface area contributed by atoms with E-state index >= 15 is 0 Å². The minimum absolute atomic E-state index is 0.0293. The van der Waals surface area contributed by atoms with Crippen molar-refractivity contribution in [1.82, 2.24) is 4.90 Å². The Morgan fingerprint density at radius 1 is 0.821 bits per heavy atom. The first-order valence-corrected chi connectivity index (χ1v) is 20.1. The van der Waals surface area contributed by atoms with Crippen LogP contribution in [0.5, 0.6) is 11.5 Å². The number of carboxylic acids is 1. The quantitative estimate of drug-likeness (QED) is 0.118. The zero-order chi connectivity index (χ0) is 39.1. The van der Waals surface area contributed by atoms with E-state index in [0.717, 1.165) is 46.3 Å². The number of ether oxygens (including phenoxy) is 2. The van der Waals surface area contributed by atoms with E-state index in [-0.39, 0.29) is 18.0 Å². The van der Waals surface area contributed by atoms with Gasteiger partial charge in [-0.15, -0.1) is 0 Å². The molecule has 1 unspecified atom stereocenters. The lowest BCUT2D eigenvalue weighted by molar-refractivity contribution is -0.955. The van der Waals surface area contributed by atoms with Crippen LogP contribution in [-0.4, -0.2) is 70.7 Å². The summed E-state index contributed by atoms with van der Waals surface area (Å²) in [6.45, 7) is 11.4. The molecule has 10 nitrogen and oxygen atoms in total. The summed E-state index contributed by atoms with van der Waals surface area (Å²) in [5.41, 5.74) is 3.96. The van der Waals surface area contributed by atoms with Crippen LogP contribution in [0.25, 0.3) is 0 Å². The third-order valence-electron chi connectivity index (χ3n) is 12.9. The predicted molar refractivity (Wildman–Crippen MR) is 216 cm³/mol. The maximum absolute atomic E-state index is 14.3. The molecular weight excluding hydrogens is 705 g/mol. The monoisotopic (exact) mass is 757 g/mol. The summed E-state index contributed by atoms with van der Waals surface area (Å²) in [6, 6.07) is 31.2. The van der Waals surface area contributed by atoms with Gasteiger partial charge in [-0.25, -0.2) is 9.59 Å². The fourth-order valence-corrected chi connectivity index (χ4v) is 9.25. The molecule has 0 radical (unpaired) electrons. The van der Waals surface area contributed by atoms with Crippen LogP contribution < -0.4 is 19.7 Å². The summed E-state index contributed by atoms with van der Waals surface area (Å²) in [7, 11) is 0. The number of hydrogen-bond donors (Lipinski definition) is 2. The van der Waals surface area contributed by atoms with Crippen molar-refractivity contribution in [3.63, 3.8) is 0 Å². The molecule has 1 spiro atoms. The van der Waals surface area contributed by atoms with E-state index < -0.39 is 17.0 Å². The van der Waals surface area contributed by atoms with Gasteiger partial charge in [-0.05, 0) is 118 Å². The number of carbonyl (C=O) groups is 3. The molecule has 9 rings (SSSR count). The number of carboxylic acid groups (broad SMARTS) is 1. The number of urea groups is 1. The number of likely N-dealkylation sites (tertiary alicyclic amines) is 1. The molecule has 5 saturated heterocycles. The summed E-state index contributed by atoms with van der Waals surface area (Å²) in [5, 5.41) is 12.6. The summed E-state index contributed by atoms with van der Waals surface area (Å²) in [4.78, 5) is 42.9. The molecule has 5 aliphatic heterocycles. The van der Waals surface area contributed by atoms with Crippen LogP contribution in [0.2, 0.25) is 0 Å². The summed E-state index contributed by atoms with van der Waals surface area (Å²) in [6.07, 6.45) is 5.16. The minimum Gasteiger partial charge on any atom is -0.489 e. The van der Waals surface area contributed by atoms with Crippen LogP contribution in [0.3, 0.4) is 0 Å². The Balaban J connectivity index is 0.950. The number of piperidine rings is 4. The van der Waals surface area contributed by atoms with Crippen molar-refractivity contribution >= 4 is 29.3 Å². The number of nitrogens with zero attached hydrogens (tertiary/aromatic N) is 3. The van der Waals surface area contributed by atoms with Gasteiger partial charge in [-0.2, -0.15) is 0 Å². The fraction of sp³-hybridized carbons (Fsp3) is 0.413. The second-order valence-corrected chi connectivity index (χ2v) is 17.0. The second-order valence-electron chi connectivity index (χ2n) is 17.0. The number of quaternary nitrogens is 1. The number of hydrogen-bond acceptors (Lipinski definition) is 5. The first-order valence-electron chi connectivity index (χ1n) is 20.1. The van der Waals surface area contributed by atoms with Crippen LogP contribution in [0.15, 0.2) is 97.1 Å². The summed E-state index contributed by atoms with van der Waals surface area (Å²) in [5.74, 6) is 1.08. The van der Waals surface area contributed by atoms with Crippen LogP contribution >= 0.6 is 0 Å². The SMILES string of the molecule is Cc1ccc(NC(=O)N2CCC3(CC2)C(=O)N(c2ccc(OCc4ccc(C[N+]56CCC(CC5)CC6)cc4)cc2)C3c2ccc(OC(C)(C)C(=O)O)cc2)cc1. The maximum Gasteiger partial charge on any atom is 0.347 e. The fourth-order valence-electron chi connectivity index (χ4n) is 9.25. The Bertz CT molecular complexity index is 2030. The minimum atomic E-state index is -1.40. The largest absolute Gasteiger partial charge is 0.489 e. The number of aryl methyl sites for hydroxylation is 1. The first kappa shape index (κ1) is 37.6. The molecule has 0 aliphatic carbocycles. The zero-order valence-electron chi connectivity index (χ0n) is 32.7. The average Bonchev–Trinajstić information content (AvgIpc) is 3.21. The molecule has 2 bridgehead atoms. The molecule has 2 N–H and O–H groups in total. The lowest BCUT2D eigenvalue weighted by atomic mass is 9.62. The molecule has 5 heterocycles. The highest BCUT2D eigenvalue weighted by atomic mass is 16.5. The maximum atomic E-state index is 14.3. The molecule has 292 valence electrons. The highest BCUT2D eigenvalue weighted by molar-refractivity contribution is 6.06. The third-order valence-corrected chi connectivity index (χ3v) is 12.9. The summed E-state index contributed by atoms with van der Waals surface area (Å²) >= 11 is 0. The molecule has 0 aromatic heterocycles. The molecule has 1 atom stereocenters. The highest BCUT2D eigenvalue weighted by Crippen LogP contribution is 2.57. The van der Waals surface area contributed by atoms with Gasteiger partial charge in [-0.3, -0.25) is 4.79 Å². The molecule has 4 aromatic rings. The number of carbonyl (C=O) groups excluding carboxylic acids is 2. The van der Waals surface area contributed by atoms with Crippen LogP contribution in [-0.2, 0) is 22.7 Å². The third kappa shape index (κ3) is 7.46. The van der Waals surface area contributed by atoms with E-state index in [1.54, 1.807) is 17.0 Å². The molecule has 10 heteroatoms. The normalized spacial score (nSPS) is 22.7. The van der Waals surface area contributed by atoms with Crippen molar-refractivity contribution in [3.8, 4) is 11.5 Å². The van der Waals surface area contributed by atoms with Crippen LogP contribution in [0, 0.1) is 18.3 Å². The van der Waals surface area contributed by atoms with Crippen molar-refractivity contribution in [2.45, 2.75) is 77.7 Å².